The van der Waals surface area contributed by atoms with Gasteiger partial charge in [0.1, 0.15) is 0 Å². The molecule has 0 saturated carbocycles. The number of nitrogens with one attached hydrogen (secondary N) is 1. The topological polar surface area (TPSA) is 63.2 Å². The minimum absolute atomic E-state index is 0.513. The monoisotopic (exact) mass is 319 g/mol. The average molecular weight is 319 g/mol. The van der Waals surface area contributed by atoms with Crippen LogP contribution in [0, 0.1) is 0 Å². The van der Waals surface area contributed by atoms with Gasteiger partial charge in [0, 0.05) is 43.9 Å². The summed E-state index contributed by atoms with van der Waals surface area (Å²) in [6, 6.07) is 0. The summed E-state index contributed by atoms with van der Waals surface area (Å²) in [4.78, 5) is 15.5. The van der Waals surface area contributed by atoms with Crippen molar-refractivity contribution in [3.05, 3.63) is 29.7 Å². The standard InChI is InChI=1S/C15H21N5OS/c1-21-8-7-20-6-2-3-12(10-20)13-11-22-15(18-13)19-14-9-16-4-5-17-14/h4-5,9,11-12H,2-3,6-8,10H2,1H3,(H,17,18,19)/t12-/m1/s1. The van der Waals surface area contributed by atoms with Crippen LogP contribution in [0.2, 0.25) is 0 Å². The number of thiazole rings is 1. The van der Waals surface area contributed by atoms with Crippen molar-refractivity contribution >= 4 is 22.3 Å². The molecule has 7 heteroatoms. The van der Waals surface area contributed by atoms with Gasteiger partial charge in [0.15, 0.2) is 10.9 Å². The van der Waals surface area contributed by atoms with Gasteiger partial charge in [-0.3, -0.25) is 4.98 Å². The van der Waals surface area contributed by atoms with Gasteiger partial charge in [0.05, 0.1) is 18.5 Å². The third-order valence-electron chi connectivity index (χ3n) is 3.86. The van der Waals surface area contributed by atoms with E-state index < -0.39 is 0 Å². The highest BCUT2D eigenvalue weighted by Crippen LogP contribution is 2.30. The van der Waals surface area contributed by atoms with E-state index in [1.807, 2.05) is 0 Å². The number of nitrogens with zero attached hydrogens (tertiary/aromatic N) is 4. The number of rotatable bonds is 6. The van der Waals surface area contributed by atoms with Gasteiger partial charge in [0.25, 0.3) is 0 Å². The molecule has 0 unspecified atom stereocenters. The molecule has 0 bridgehead atoms. The lowest BCUT2D eigenvalue weighted by atomic mass is 9.95. The van der Waals surface area contributed by atoms with Crippen molar-refractivity contribution in [3.63, 3.8) is 0 Å². The van der Waals surface area contributed by atoms with Crippen molar-refractivity contribution in [2.45, 2.75) is 18.8 Å². The van der Waals surface area contributed by atoms with E-state index >= 15 is 0 Å². The third-order valence-corrected chi connectivity index (χ3v) is 4.63. The molecule has 0 aliphatic carbocycles. The van der Waals surface area contributed by atoms with Gasteiger partial charge < -0.3 is 15.0 Å². The number of anilines is 2. The second-order valence-electron chi connectivity index (χ2n) is 5.43. The van der Waals surface area contributed by atoms with Gasteiger partial charge >= 0.3 is 0 Å². The van der Waals surface area contributed by atoms with Crippen molar-refractivity contribution < 1.29 is 4.74 Å². The molecule has 3 heterocycles. The Morgan fingerprint density at radius 2 is 2.41 bits per heavy atom. The van der Waals surface area contributed by atoms with Crippen LogP contribution in [0.15, 0.2) is 24.0 Å². The van der Waals surface area contributed by atoms with Gasteiger partial charge in [-0.1, -0.05) is 0 Å². The molecule has 0 amide bonds. The van der Waals surface area contributed by atoms with Crippen LogP contribution in [0.25, 0.3) is 0 Å². The number of methoxy groups -OCH3 is 1. The summed E-state index contributed by atoms with van der Waals surface area (Å²) in [5, 5.41) is 6.24. The first-order valence-electron chi connectivity index (χ1n) is 7.55. The molecule has 1 atom stereocenters. The fourth-order valence-corrected chi connectivity index (χ4v) is 3.52. The van der Waals surface area contributed by atoms with E-state index in [2.05, 4.69) is 25.6 Å². The Labute approximate surface area is 134 Å². The predicted molar refractivity (Wildman–Crippen MR) is 87.7 cm³/mol. The van der Waals surface area contributed by atoms with Gasteiger partial charge in [0.2, 0.25) is 0 Å². The van der Waals surface area contributed by atoms with E-state index in [0.29, 0.717) is 5.92 Å². The van der Waals surface area contributed by atoms with Crippen LogP contribution < -0.4 is 5.32 Å². The van der Waals surface area contributed by atoms with Crippen molar-refractivity contribution in [1.82, 2.24) is 19.9 Å². The lowest BCUT2D eigenvalue weighted by Gasteiger charge is -2.31. The maximum Gasteiger partial charge on any atom is 0.188 e. The minimum Gasteiger partial charge on any atom is -0.383 e. The summed E-state index contributed by atoms with van der Waals surface area (Å²) in [7, 11) is 1.76. The van der Waals surface area contributed by atoms with Gasteiger partial charge in [-0.15, -0.1) is 11.3 Å². The highest BCUT2D eigenvalue weighted by molar-refractivity contribution is 7.13. The summed E-state index contributed by atoms with van der Waals surface area (Å²) < 4.78 is 5.18. The summed E-state index contributed by atoms with van der Waals surface area (Å²) in [5.41, 5.74) is 1.18. The molecule has 118 valence electrons. The molecule has 1 N–H and O–H groups in total. The average Bonchev–Trinajstić information content (AvgIpc) is 3.03. The van der Waals surface area contributed by atoms with Crippen LogP contribution in [0.5, 0.6) is 0 Å². The zero-order valence-electron chi connectivity index (χ0n) is 12.7. The fourth-order valence-electron chi connectivity index (χ4n) is 2.72. The smallest absolute Gasteiger partial charge is 0.188 e. The summed E-state index contributed by atoms with van der Waals surface area (Å²) in [5.74, 6) is 1.24. The first-order chi connectivity index (χ1) is 10.8. The molecule has 2 aromatic heterocycles. The van der Waals surface area contributed by atoms with E-state index in [0.717, 1.165) is 37.2 Å². The second kappa shape index (κ2) is 7.62. The SMILES string of the molecule is COCCN1CCC[C@@H](c2csc(Nc3cnccn3)n2)C1. The lowest BCUT2D eigenvalue weighted by Crippen LogP contribution is -2.36. The molecular weight excluding hydrogens is 298 g/mol. The van der Waals surface area contributed by atoms with E-state index in [-0.39, 0.29) is 0 Å². The number of likely N-dealkylation sites (tertiary alicyclic amines) is 1. The van der Waals surface area contributed by atoms with Gasteiger partial charge in [-0.2, -0.15) is 0 Å². The van der Waals surface area contributed by atoms with Crippen LogP contribution in [0.3, 0.4) is 0 Å². The molecule has 1 aliphatic heterocycles. The highest BCUT2D eigenvalue weighted by atomic mass is 32.1. The molecule has 0 aromatic carbocycles. The zero-order valence-corrected chi connectivity index (χ0v) is 13.6. The van der Waals surface area contributed by atoms with Crippen LogP contribution in [-0.4, -0.2) is 53.2 Å². The van der Waals surface area contributed by atoms with Crippen LogP contribution >= 0.6 is 11.3 Å². The van der Waals surface area contributed by atoms with Crippen LogP contribution in [0.1, 0.15) is 24.5 Å². The van der Waals surface area contributed by atoms with E-state index in [4.69, 9.17) is 9.72 Å². The molecule has 6 nitrogen and oxygen atoms in total. The number of aromatic nitrogens is 3. The van der Waals surface area contributed by atoms with Crippen molar-refractivity contribution in [3.8, 4) is 0 Å². The van der Waals surface area contributed by atoms with E-state index in [9.17, 15) is 0 Å². The molecular formula is C15H21N5OS. The molecule has 3 rings (SSSR count). The molecule has 1 saturated heterocycles. The van der Waals surface area contributed by atoms with Crippen LogP contribution in [0.4, 0.5) is 10.9 Å². The largest absolute Gasteiger partial charge is 0.383 e. The first kappa shape index (κ1) is 15.3. The Hall–Kier alpha value is -1.57. The normalized spacial score (nSPS) is 19.2. The zero-order chi connectivity index (χ0) is 15.2. The Morgan fingerprint density at radius 1 is 1.45 bits per heavy atom. The number of hydrogen-bond acceptors (Lipinski definition) is 7. The molecule has 0 radical (unpaired) electrons. The minimum atomic E-state index is 0.513. The summed E-state index contributed by atoms with van der Waals surface area (Å²) in [6.45, 7) is 4.03. The Balaban J connectivity index is 1.60. The Morgan fingerprint density at radius 3 is 3.23 bits per heavy atom. The third kappa shape index (κ3) is 4.00. The Bertz CT molecular complexity index is 576. The van der Waals surface area contributed by atoms with Gasteiger partial charge in [-0.25, -0.2) is 9.97 Å². The highest BCUT2D eigenvalue weighted by Gasteiger charge is 2.23. The van der Waals surface area contributed by atoms with Crippen LogP contribution in [-0.2, 0) is 4.74 Å². The van der Waals surface area contributed by atoms with Crippen molar-refractivity contribution in [2.24, 2.45) is 0 Å². The molecule has 1 fully saturated rings. The molecule has 0 spiro atoms. The fraction of sp³-hybridized carbons (Fsp3) is 0.533. The number of hydrogen-bond donors (Lipinski definition) is 1. The Kier molecular flexibility index (Phi) is 5.31. The first-order valence-corrected chi connectivity index (χ1v) is 8.43. The van der Waals surface area contributed by atoms with Crippen molar-refractivity contribution in [1.29, 1.82) is 0 Å². The van der Waals surface area contributed by atoms with Gasteiger partial charge in [-0.05, 0) is 19.4 Å². The maximum absolute atomic E-state index is 5.18. The number of piperidine rings is 1. The molecule has 2 aromatic rings. The van der Waals surface area contributed by atoms with E-state index in [1.54, 1.807) is 37.0 Å². The summed E-state index contributed by atoms with van der Waals surface area (Å²) >= 11 is 1.62. The predicted octanol–water partition coefficient (Wildman–Crippen LogP) is 2.50. The quantitative estimate of drug-likeness (QED) is 0.882. The maximum atomic E-state index is 5.18. The molecule has 1 aliphatic rings. The second-order valence-corrected chi connectivity index (χ2v) is 6.28. The lowest BCUT2D eigenvalue weighted by molar-refractivity contribution is 0.128. The number of ether oxygens (including phenoxy) is 1. The van der Waals surface area contributed by atoms with E-state index in [1.165, 1.54) is 18.5 Å². The van der Waals surface area contributed by atoms with Crippen molar-refractivity contribution in [2.75, 3.05) is 38.7 Å². The summed E-state index contributed by atoms with van der Waals surface area (Å²) in [6.07, 6.45) is 7.46. The molecule has 22 heavy (non-hydrogen) atoms.